The van der Waals surface area contributed by atoms with Crippen LogP contribution in [0.3, 0.4) is 0 Å². The molecule has 1 atom stereocenters. The van der Waals surface area contributed by atoms with Crippen molar-refractivity contribution in [2.75, 3.05) is 12.4 Å². The van der Waals surface area contributed by atoms with Crippen molar-refractivity contribution < 1.29 is 14.3 Å². The van der Waals surface area contributed by atoms with Crippen LogP contribution in [0.4, 0.5) is 10.5 Å². The Labute approximate surface area is 202 Å². The smallest absolute Gasteiger partial charge is 0.337 e. The molecule has 2 amide bonds. The van der Waals surface area contributed by atoms with E-state index >= 15 is 0 Å². The summed E-state index contributed by atoms with van der Waals surface area (Å²) in [6, 6.07) is 25.5. The van der Waals surface area contributed by atoms with Crippen molar-refractivity contribution in [2.45, 2.75) is 12.6 Å². The topological polar surface area (TPSA) is 63.6 Å². The molecule has 0 bridgehead atoms. The average molecular weight is 472 g/mol. The van der Waals surface area contributed by atoms with Gasteiger partial charge in [0.2, 0.25) is 0 Å². The number of fused-ring (bicyclic) bond motifs is 3. The zero-order valence-electron chi connectivity index (χ0n) is 18.4. The fourth-order valence-corrected chi connectivity index (χ4v) is 4.64. The molecule has 1 aliphatic rings. The Morgan fingerprint density at radius 1 is 0.971 bits per heavy atom. The van der Waals surface area contributed by atoms with Crippen LogP contribution in [-0.2, 0) is 11.3 Å². The normalized spacial score (nSPS) is 14.5. The number of carbonyl (C=O) groups is 2. The van der Waals surface area contributed by atoms with E-state index in [1.54, 1.807) is 29.2 Å². The van der Waals surface area contributed by atoms with E-state index in [-0.39, 0.29) is 6.03 Å². The summed E-state index contributed by atoms with van der Waals surface area (Å²) in [6.45, 7) is 0.371. The first-order valence-electron chi connectivity index (χ1n) is 10.8. The standard InChI is InChI=1S/C27H22ClN3O3/c1-34-26(32)18-9-6-10-20(16-18)29-27(33)31-17-19-8-2-5-13-23(19)30-15-7-14-24(30)25(31)21-11-3-4-12-22(21)28/h2-16,25H,17H2,1H3,(H,29,33)/t25-/m0/s1. The van der Waals surface area contributed by atoms with Gasteiger partial charge in [0.05, 0.1) is 30.6 Å². The number of ether oxygens (including phenoxy) is 1. The molecule has 6 nitrogen and oxygen atoms in total. The Bertz CT molecular complexity index is 1380. The van der Waals surface area contributed by atoms with Crippen molar-refractivity contribution in [3.8, 4) is 5.69 Å². The highest BCUT2D eigenvalue weighted by Gasteiger charge is 2.34. The minimum absolute atomic E-state index is 0.309. The molecule has 0 radical (unpaired) electrons. The Hall–Kier alpha value is -4.03. The van der Waals surface area contributed by atoms with E-state index in [0.29, 0.717) is 22.8 Å². The van der Waals surface area contributed by atoms with Gasteiger partial charge in [-0.05, 0) is 53.6 Å². The first-order valence-corrected chi connectivity index (χ1v) is 11.2. The van der Waals surface area contributed by atoms with Crippen molar-refractivity contribution >= 4 is 29.3 Å². The third-order valence-electron chi connectivity index (χ3n) is 5.96. The van der Waals surface area contributed by atoms with Crippen LogP contribution in [0.15, 0.2) is 91.1 Å². The van der Waals surface area contributed by atoms with Gasteiger partial charge in [-0.15, -0.1) is 0 Å². The van der Waals surface area contributed by atoms with Crippen LogP contribution in [-0.4, -0.2) is 28.6 Å². The zero-order valence-corrected chi connectivity index (χ0v) is 19.2. The number of halogens is 1. The summed E-state index contributed by atoms with van der Waals surface area (Å²) in [5.41, 5.74) is 4.64. The van der Waals surface area contributed by atoms with Gasteiger partial charge in [-0.25, -0.2) is 9.59 Å². The number of esters is 1. The zero-order chi connectivity index (χ0) is 23.7. The molecule has 1 aliphatic heterocycles. The molecule has 34 heavy (non-hydrogen) atoms. The maximum atomic E-state index is 13.8. The van der Waals surface area contributed by atoms with Crippen molar-refractivity contribution in [1.29, 1.82) is 0 Å². The first-order chi connectivity index (χ1) is 16.6. The minimum Gasteiger partial charge on any atom is -0.465 e. The lowest BCUT2D eigenvalue weighted by Gasteiger charge is -2.31. The van der Waals surface area contributed by atoms with Gasteiger partial charge in [0.1, 0.15) is 6.04 Å². The Morgan fingerprint density at radius 2 is 1.76 bits per heavy atom. The number of hydrogen-bond acceptors (Lipinski definition) is 3. The lowest BCUT2D eigenvalue weighted by atomic mass is 10.0. The molecule has 1 aromatic heterocycles. The molecule has 0 saturated heterocycles. The van der Waals surface area contributed by atoms with Crippen LogP contribution in [0.5, 0.6) is 0 Å². The quantitative estimate of drug-likeness (QED) is 0.370. The molecule has 1 N–H and O–H groups in total. The number of anilines is 1. The van der Waals surface area contributed by atoms with E-state index in [1.165, 1.54) is 7.11 Å². The SMILES string of the molecule is COC(=O)c1cccc(NC(=O)N2Cc3ccccc3-n3cccc3[C@@H]2c2ccccc2Cl)c1. The molecule has 4 aromatic rings. The summed E-state index contributed by atoms with van der Waals surface area (Å²) >= 11 is 6.64. The highest BCUT2D eigenvalue weighted by molar-refractivity contribution is 6.31. The predicted octanol–water partition coefficient (Wildman–Crippen LogP) is 6.05. The summed E-state index contributed by atoms with van der Waals surface area (Å²) in [4.78, 5) is 27.5. The second kappa shape index (κ2) is 9.08. The lowest BCUT2D eigenvalue weighted by molar-refractivity contribution is 0.0600. The van der Waals surface area contributed by atoms with Gasteiger partial charge in [0, 0.05) is 16.9 Å². The molecule has 0 aliphatic carbocycles. The van der Waals surface area contributed by atoms with Crippen molar-refractivity contribution in [3.63, 3.8) is 0 Å². The van der Waals surface area contributed by atoms with E-state index in [1.807, 2.05) is 66.9 Å². The molecule has 0 unspecified atom stereocenters. The Kier molecular flexibility index (Phi) is 5.82. The number of amides is 2. The Balaban J connectivity index is 1.60. The van der Waals surface area contributed by atoms with Gasteiger partial charge in [0.15, 0.2) is 0 Å². The highest BCUT2D eigenvalue weighted by atomic mass is 35.5. The second-order valence-electron chi connectivity index (χ2n) is 7.99. The van der Waals surface area contributed by atoms with Gasteiger partial charge >= 0.3 is 12.0 Å². The lowest BCUT2D eigenvalue weighted by Crippen LogP contribution is -2.38. The number of nitrogens with zero attached hydrogens (tertiary/aromatic N) is 2. The molecular formula is C27H22ClN3O3. The average Bonchev–Trinajstić information content (AvgIpc) is 3.29. The van der Waals surface area contributed by atoms with Gasteiger partial charge in [0.25, 0.3) is 0 Å². The fourth-order valence-electron chi connectivity index (χ4n) is 4.40. The second-order valence-corrected chi connectivity index (χ2v) is 8.39. The van der Waals surface area contributed by atoms with Gasteiger partial charge in [-0.3, -0.25) is 0 Å². The summed E-state index contributed by atoms with van der Waals surface area (Å²) < 4.78 is 6.91. The molecule has 3 aromatic carbocycles. The molecule has 5 rings (SSSR count). The molecular weight excluding hydrogens is 450 g/mol. The number of rotatable bonds is 3. The number of aromatic nitrogens is 1. The van der Waals surface area contributed by atoms with Gasteiger partial charge in [-0.1, -0.05) is 54.1 Å². The van der Waals surface area contributed by atoms with Gasteiger partial charge < -0.3 is 19.5 Å². The van der Waals surface area contributed by atoms with Crippen LogP contribution < -0.4 is 5.32 Å². The van der Waals surface area contributed by atoms with E-state index in [2.05, 4.69) is 9.88 Å². The maximum absolute atomic E-state index is 13.8. The van der Waals surface area contributed by atoms with Crippen LogP contribution in [0.1, 0.15) is 33.2 Å². The predicted molar refractivity (Wildman–Crippen MR) is 131 cm³/mol. The summed E-state index contributed by atoms with van der Waals surface area (Å²) in [5, 5.41) is 3.54. The van der Waals surface area contributed by atoms with Gasteiger partial charge in [-0.2, -0.15) is 0 Å². The molecule has 2 heterocycles. The van der Waals surface area contributed by atoms with Crippen LogP contribution in [0.2, 0.25) is 5.02 Å². The van der Waals surface area contributed by atoms with Crippen LogP contribution in [0.25, 0.3) is 5.69 Å². The first kappa shape index (κ1) is 21.8. The summed E-state index contributed by atoms with van der Waals surface area (Å²) in [5.74, 6) is -0.466. The summed E-state index contributed by atoms with van der Waals surface area (Å²) in [6.07, 6.45) is 2.00. The minimum atomic E-state index is -0.466. The third-order valence-corrected chi connectivity index (χ3v) is 6.30. The van der Waals surface area contributed by atoms with E-state index < -0.39 is 12.0 Å². The van der Waals surface area contributed by atoms with E-state index in [4.69, 9.17) is 16.3 Å². The fraction of sp³-hybridized carbons (Fsp3) is 0.111. The summed E-state index contributed by atoms with van der Waals surface area (Å²) in [7, 11) is 1.32. The number of methoxy groups -OCH3 is 1. The van der Waals surface area contributed by atoms with Crippen LogP contribution in [0, 0.1) is 0 Å². The third kappa shape index (κ3) is 3.93. The maximum Gasteiger partial charge on any atom is 0.337 e. The van der Waals surface area contributed by atoms with E-state index in [9.17, 15) is 9.59 Å². The van der Waals surface area contributed by atoms with Crippen LogP contribution >= 0.6 is 11.6 Å². The largest absolute Gasteiger partial charge is 0.465 e. The number of benzene rings is 3. The Morgan fingerprint density at radius 3 is 2.59 bits per heavy atom. The number of hydrogen-bond donors (Lipinski definition) is 1. The van der Waals surface area contributed by atoms with Crippen molar-refractivity contribution in [3.05, 3.63) is 119 Å². The molecule has 170 valence electrons. The number of nitrogens with one attached hydrogen (secondary N) is 1. The number of carbonyl (C=O) groups excluding carboxylic acids is 2. The van der Waals surface area contributed by atoms with Crippen molar-refractivity contribution in [2.24, 2.45) is 0 Å². The molecule has 0 saturated carbocycles. The van der Waals surface area contributed by atoms with Crippen molar-refractivity contribution in [1.82, 2.24) is 9.47 Å². The molecule has 0 spiro atoms. The highest BCUT2D eigenvalue weighted by Crippen LogP contribution is 2.39. The monoisotopic (exact) mass is 471 g/mol. The molecule has 7 heteroatoms. The number of para-hydroxylation sites is 1. The van der Waals surface area contributed by atoms with E-state index in [0.717, 1.165) is 22.5 Å². The number of urea groups is 1. The molecule has 0 fully saturated rings.